The van der Waals surface area contributed by atoms with Crippen LogP contribution in [0.1, 0.15) is 43.2 Å². The van der Waals surface area contributed by atoms with Gasteiger partial charge in [-0.1, -0.05) is 24.2 Å². The van der Waals surface area contributed by atoms with Gasteiger partial charge in [0.25, 0.3) is 0 Å². The van der Waals surface area contributed by atoms with Gasteiger partial charge in [0.2, 0.25) is 5.82 Å². The number of phenolic OH excluding ortho intramolecular Hbond substituents is 1. The van der Waals surface area contributed by atoms with Gasteiger partial charge in [-0.25, -0.2) is 0 Å². The summed E-state index contributed by atoms with van der Waals surface area (Å²) in [4.78, 5) is 3.27. The molecule has 0 saturated carbocycles. The van der Waals surface area contributed by atoms with Crippen LogP contribution in [0.15, 0.2) is 27.2 Å². The maximum absolute atomic E-state index is 12.6. The molecule has 0 bridgehead atoms. The number of hydrogen-bond acceptors (Lipinski definition) is 7. The first-order chi connectivity index (χ1) is 13.8. The van der Waals surface area contributed by atoms with Crippen molar-refractivity contribution in [2.75, 3.05) is 6.61 Å². The van der Waals surface area contributed by atoms with Gasteiger partial charge in [-0.2, -0.15) is 18.2 Å². The van der Waals surface area contributed by atoms with Crippen molar-refractivity contribution in [1.29, 1.82) is 0 Å². The van der Waals surface area contributed by atoms with Crippen LogP contribution in [0.25, 0.3) is 11.4 Å². The largest absolute Gasteiger partial charge is 0.507 e. The molecule has 0 aliphatic carbocycles. The summed E-state index contributed by atoms with van der Waals surface area (Å²) >= 11 is 0. The number of halogens is 3. The molecule has 3 rings (SSSR count). The zero-order valence-corrected chi connectivity index (χ0v) is 16.5. The van der Waals surface area contributed by atoms with Gasteiger partial charge in [0.15, 0.2) is 0 Å². The molecule has 0 aliphatic rings. The number of benzene rings is 1. The lowest BCUT2D eigenvalue weighted by Gasteiger charge is -2.11. The Morgan fingerprint density at radius 2 is 1.83 bits per heavy atom. The van der Waals surface area contributed by atoms with E-state index in [-0.39, 0.29) is 17.1 Å². The minimum atomic E-state index is -4.75. The quantitative estimate of drug-likeness (QED) is 0.562. The van der Waals surface area contributed by atoms with Crippen LogP contribution >= 0.6 is 0 Å². The van der Waals surface area contributed by atoms with Crippen molar-refractivity contribution in [2.45, 2.75) is 46.7 Å². The Balaban J connectivity index is 0.00000145. The molecule has 0 unspecified atom stereocenters. The van der Waals surface area contributed by atoms with Gasteiger partial charge >= 0.3 is 12.1 Å². The summed E-state index contributed by atoms with van der Waals surface area (Å²) in [7, 11) is 0. The third kappa shape index (κ3) is 5.49. The standard InChI is InChI=1S/C17H16F3N3O4.C2H6/c1-9-8-11(26-22-9)4-3-7-25-13-6-5-12(14(24)10(13)2)15-21-16(27-23-15)17(18,19)20;1-2/h5-6,8,24H,3-4,7H2,1-2H3;1-2H3. The molecule has 1 aromatic carbocycles. The molecule has 0 atom stereocenters. The molecule has 158 valence electrons. The van der Waals surface area contributed by atoms with E-state index in [4.69, 9.17) is 9.26 Å². The molecule has 0 aliphatic heterocycles. The molecule has 3 aromatic rings. The summed E-state index contributed by atoms with van der Waals surface area (Å²) in [5, 5.41) is 17.3. The predicted molar refractivity (Wildman–Crippen MR) is 97.5 cm³/mol. The molecule has 0 radical (unpaired) electrons. The van der Waals surface area contributed by atoms with Crippen molar-refractivity contribution in [3.8, 4) is 22.9 Å². The Hall–Kier alpha value is -3.04. The van der Waals surface area contributed by atoms with Crippen LogP contribution in [-0.4, -0.2) is 27.0 Å². The van der Waals surface area contributed by atoms with Crippen molar-refractivity contribution in [3.63, 3.8) is 0 Å². The van der Waals surface area contributed by atoms with Gasteiger partial charge in [-0.05, 0) is 32.4 Å². The van der Waals surface area contributed by atoms with Crippen LogP contribution < -0.4 is 4.74 Å². The minimum Gasteiger partial charge on any atom is -0.507 e. The van der Waals surface area contributed by atoms with Crippen molar-refractivity contribution in [3.05, 3.63) is 41.1 Å². The second-order valence-electron chi connectivity index (χ2n) is 5.89. The summed E-state index contributed by atoms with van der Waals surface area (Å²) in [5.74, 6) is -0.936. The van der Waals surface area contributed by atoms with Crippen molar-refractivity contribution >= 4 is 0 Å². The number of phenols is 1. The molecule has 2 aromatic heterocycles. The highest BCUT2D eigenvalue weighted by Gasteiger charge is 2.38. The van der Waals surface area contributed by atoms with Crippen LogP contribution in [0.2, 0.25) is 0 Å². The monoisotopic (exact) mass is 413 g/mol. The lowest BCUT2D eigenvalue weighted by molar-refractivity contribution is -0.159. The number of aromatic nitrogens is 3. The van der Waals surface area contributed by atoms with E-state index < -0.39 is 12.1 Å². The van der Waals surface area contributed by atoms with E-state index >= 15 is 0 Å². The average molecular weight is 413 g/mol. The van der Waals surface area contributed by atoms with Gasteiger partial charge in [0, 0.05) is 18.1 Å². The highest BCUT2D eigenvalue weighted by atomic mass is 19.4. The lowest BCUT2D eigenvalue weighted by atomic mass is 10.1. The van der Waals surface area contributed by atoms with Crippen LogP contribution in [0.3, 0.4) is 0 Å². The zero-order chi connectivity index (χ0) is 21.6. The number of hydrogen-bond donors (Lipinski definition) is 1. The number of alkyl halides is 3. The maximum atomic E-state index is 12.6. The number of aromatic hydroxyl groups is 1. The molecule has 10 heteroatoms. The molecule has 0 saturated heterocycles. The first-order valence-electron chi connectivity index (χ1n) is 9.04. The van der Waals surface area contributed by atoms with Gasteiger partial charge < -0.3 is 18.9 Å². The fourth-order valence-corrected chi connectivity index (χ4v) is 2.43. The van der Waals surface area contributed by atoms with Crippen molar-refractivity contribution < 1.29 is 32.1 Å². The zero-order valence-electron chi connectivity index (χ0n) is 16.5. The number of nitrogens with zero attached hydrogens (tertiary/aromatic N) is 3. The molecule has 7 nitrogen and oxygen atoms in total. The van der Waals surface area contributed by atoms with Gasteiger partial charge in [-0.15, -0.1) is 0 Å². The minimum absolute atomic E-state index is 0.0243. The number of ether oxygens (including phenoxy) is 1. The predicted octanol–water partition coefficient (Wildman–Crippen LogP) is 5.10. The number of aryl methyl sites for hydroxylation is 2. The second-order valence-corrected chi connectivity index (χ2v) is 5.89. The highest BCUT2D eigenvalue weighted by molar-refractivity contribution is 5.68. The third-order valence-corrected chi connectivity index (χ3v) is 3.79. The van der Waals surface area contributed by atoms with Crippen molar-refractivity contribution in [2.24, 2.45) is 0 Å². The fourth-order valence-electron chi connectivity index (χ4n) is 2.43. The summed E-state index contributed by atoms with van der Waals surface area (Å²) in [5.41, 5.74) is 1.19. The Bertz CT molecular complexity index is 935. The molecule has 2 heterocycles. The van der Waals surface area contributed by atoms with Crippen LogP contribution in [-0.2, 0) is 12.6 Å². The fraction of sp³-hybridized carbons (Fsp3) is 0.421. The van der Waals surface area contributed by atoms with E-state index in [0.29, 0.717) is 30.8 Å². The summed E-state index contributed by atoms with van der Waals surface area (Å²) in [6.07, 6.45) is -3.44. The van der Waals surface area contributed by atoms with E-state index in [0.717, 1.165) is 11.5 Å². The normalized spacial score (nSPS) is 11.1. The van der Waals surface area contributed by atoms with Crippen LogP contribution in [0, 0.1) is 13.8 Å². The smallest absolute Gasteiger partial charge is 0.471 e. The van der Waals surface area contributed by atoms with E-state index in [9.17, 15) is 18.3 Å². The first kappa shape index (κ1) is 22.3. The van der Waals surface area contributed by atoms with Crippen LogP contribution in [0.5, 0.6) is 11.5 Å². The Morgan fingerprint density at radius 3 is 2.41 bits per heavy atom. The molecule has 0 spiro atoms. The number of rotatable bonds is 6. The highest BCUT2D eigenvalue weighted by Crippen LogP contribution is 2.37. The molecular formula is C19H22F3N3O4. The lowest BCUT2D eigenvalue weighted by Crippen LogP contribution is -2.05. The topological polar surface area (TPSA) is 94.4 Å². The van der Waals surface area contributed by atoms with Gasteiger partial charge in [-0.3, -0.25) is 0 Å². The molecule has 0 fully saturated rings. The maximum Gasteiger partial charge on any atom is 0.471 e. The molecule has 1 N–H and O–H groups in total. The van der Waals surface area contributed by atoms with Crippen molar-refractivity contribution in [1.82, 2.24) is 15.3 Å². The Labute approximate surface area is 165 Å². The molecule has 29 heavy (non-hydrogen) atoms. The van der Waals surface area contributed by atoms with E-state index in [1.807, 2.05) is 26.8 Å². The second kappa shape index (κ2) is 9.44. The Morgan fingerprint density at radius 1 is 1.10 bits per heavy atom. The summed E-state index contributed by atoms with van der Waals surface area (Å²) < 4.78 is 52.6. The summed E-state index contributed by atoms with van der Waals surface area (Å²) in [6, 6.07) is 4.75. The van der Waals surface area contributed by atoms with Crippen LogP contribution in [0.4, 0.5) is 13.2 Å². The van der Waals surface area contributed by atoms with E-state index in [1.165, 1.54) is 12.1 Å². The molecule has 0 amide bonds. The van der Waals surface area contributed by atoms with Gasteiger partial charge in [0.1, 0.15) is 17.3 Å². The average Bonchev–Trinajstić information content (AvgIpc) is 3.33. The van der Waals surface area contributed by atoms with E-state index in [1.54, 1.807) is 6.92 Å². The third-order valence-electron chi connectivity index (χ3n) is 3.79. The summed E-state index contributed by atoms with van der Waals surface area (Å²) in [6.45, 7) is 7.77. The molecular weight excluding hydrogens is 391 g/mol. The SMILES string of the molecule is CC.Cc1cc(CCCOc2ccc(-c3noc(C(F)(F)F)n3)c(O)c2C)on1. The van der Waals surface area contributed by atoms with E-state index in [2.05, 4.69) is 19.8 Å². The van der Waals surface area contributed by atoms with Gasteiger partial charge in [0.05, 0.1) is 17.9 Å². The first-order valence-corrected chi connectivity index (χ1v) is 9.04. The Kier molecular flexibility index (Phi) is 7.24.